The second kappa shape index (κ2) is 10.6. The Bertz CT molecular complexity index is 1030. The first-order valence-electron chi connectivity index (χ1n) is 9.88. The molecule has 0 bridgehead atoms. The number of nitrogens with one attached hydrogen (secondary N) is 2. The lowest BCUT2D eigenvalue weighted by Crippen LogP contribution is -2.40. The summed E-state index contributed by atoms with van der Waals surface area (Å²) < 4.78 is 7.93. The third-order valence-corrected chi connectivity index (χ3v) is 5.32. The van der Waals surface area contributed by atoms with E-state index in [0.717, 1.165) is 22.6 Å². The molecule has 2 N–H and O–H groups in total. The molecule has 0 saturated heterocycles. The number of benzene rings is 2. The van der Waals surface area contributed by atoms with E-state index in [0.29, 0.717) is 17.5 Å². The predicted octanol–water partition coefficient (Wildman–Crippen LogP) is 3.40. The maximum absolute atomic E-state index is 12.1. The summed E-state index contributed by atoms with van der Waals surface area (Å²) in [5.41, 5.74) is 2.95. The summed E-state index contributed by atoms with van der Waals surface area (Å²) in [5.74, 6) is 1.05. The quantitative estimate of drug-likeness (QED) is 0.522. The van der Waals surface area contributed by atoms with Gasteiger partial charge in [0.2, 0.25) is 5.91 Å². The lowest BCUT2D eigenvalue weighted by atomic mass is 10.1. The number of aromatic nitrogens is 3. The number of urea groups is 1. The van der Waals surface area contributed by atoms with Crippen LogP contribution in [0.25, 0.3) is 5.69 Å². The van der Waals surface area contributed by atoms with Crippen molar-refractivity contribution < 1.29 is 14.3 Å². The highest BCUT2D eigenvalue weighted by Gasteiger charge is 2.17. The third kappa shape index (κ3) is 5.85. The van der Waals surface area contributed by atoms with Crippen LogP contribution in [0.15, 0.2) is 53.7 Å². The Morgan fingerprint density at radius 3 is 2.42 bits per heavy atom. The van der Waals surface area contributed by atoms with Gasteiger partial charge in [0.15, 0.2) is 11.0 Å². The van der Waals surface area contributed by atoms with Crippen LogP contribution < -0.4 is 15.4 Å². The van der Waals surface area contributed by atoms with E-state index in [4.69, 9.17) is 4.74 Å². The number of hydrogen-bond acceptors (Lipinski definition) is 6. The highest BCUT2D eigenvalue weighted by molar-refractivity contribution is 7.99. The third-order valence-electron chi connectivity index (χ3n) is 4.39. The molecule has 0 unspecified atom stereocenters. The minimum absolute atomic E-state index is 0.0276. The Balaban J connectivity index is 1.78. The zero-order chi connectivity index (χ0) is 22.2. The molecule has 162 valence electrons. The molecule has 3 amide bonds. The zero-order valence-electron chi connectivity index (χ0n) is 17.7. The number of amides is 3. The lowest BCUT2D eigenvalue weighted by molar-refractivity contribution is -0.117. The molecule has 0 aliphatic rings. The number of nitrogens with zero attached hydrogens (tertiary/aromatic N) is 3. The van der Waals surface area contributed by atoms with Crippen molar-refractivity contribution in [3.8, 4) is 11.4 Å². The maximum atomic E-state index is 12.1. The predicted molar refractivity (Wildman–Crippen MR) is 120 cm³/mol. The fourth-order valence-electron chi connectivity index (χ4n) is 2.98. The number of carbonyl (C=O) groups is 2. The summed E-state index contributed by atoms with van der Waals surface area (Å²) in [6.07, 6.45) is 0. The second-order valence-electron chi connectivity index (χ2n) is 6.78. The lowest BCUT2D eigenvalue weighted by Gasteiger charge is -2.13. The van der Waals surface area contributed by atoms with E-state index >= 15 is 0 Å². The topological polar surface area (TPSA) is 98.1 Å². The van der Waals surface area contributed by atoms with Crippen LogP contribution in [0, 0.1) is 13.8 Å². The number of imide groups is 1. The Labute approximate surface area is 185 Å². The van der Waals surface area contributed by atoms with E-state index in [1.54, 1.807) is 6.92 Å². The molecule has 0 aliphatic carbocycles. The van der Waals surface area contributed by atoms with Crippen molar-refractivity contribution >= 4 is 23.7 Å². The van der Waals surface area contributed by atoms with Gasteiger partial charge in [0.05, 0.1) is 5.75 Å². The number of carbonyl (C=O) groups excluding carboxylic acids is 2. The second-order valence-corrected chi connectivity index (χ2v) is 7.72. The average Bonchev–Trinajstić information content (AvgIpc) is 3.15. The van der Waals surface area contributed by atoms with E-state index in [9.17, 15) is 9.59 Å². The molecule has 0 atom stereocenters. The van der Waals surface area contributed by atoms with Gasteiger partial charge in [-0.3, -0.25) is 14.7 Å². The van der Waals surface area contributed by atoms with Crippen molar-refractivity contribution in [1.29, 1.82) is 0 Å². The van der Waals surface area contributed by atoms with Crippen molar-refractivity contribution in [2.45, 2.75) is 32.5 Å². The van der Waals surface area contributed by atoms with Crippen LogP contribution in [0.3, 0.4) is 0 Å². The minimum Gasteiger partial charge on any atom is -0.485 e. The highest BCUT2D eigenvalue weighted by Crippen LogP contribution is 2.26. The van der Waals surface area contributed by atoms with Gasteiger partial charge in [-0.2, -0.15) is 0 Å². The Kier molecular flexibility index (Phi) is 7.66. The van der Waals surface area contributed by atoms with Crippen molar-refractivity contribution in [2.75, 3.05) is 12.3 Å². The average molecular weight is 440 g/mol. The van der Waals surface area contributed by atoms with Gasteiger partial charge in [0, 0.05) is 12.2 Å². The summed E-state index contributed by atoms with van der Waals surface area (Å²) in [7, 11) is 0. The van der Waals surface area contributed by atoms with E-state index in [2.05, 4.69) is 20.8 Å². The smallest absolute Gasteiger partial charge is 0.321 e. The summed E-state index contributed by atoms with van der Waals surface area (Å²) in [4.78, 5) is 23.6. The van der Waals surface area contributed by atoms with Gasteiger partial charge in [0.25, 0.3) is 0 Å². The molecule has 0 radical (unpaired) electrons. The molecular weight excluding hydrogens is 414 g/mol. The Morgan fingerprint density at radius 2 is 1.74 bits per heavy atom. The first-order valence-corrected chi connectivity index (χ1v) is 10.9. The number of ether oxygens (including phenoxy) is 1. The van der Waals surface area contributed by atoms with Gasteiger partial charge in [-0.25, -0.2) is 4.79 Å². The summed E-state index contributed by atoms with van der Waals surface area (Å²) in [6, 6.07) is 15.1. The van der Waals surface area contributed by atoms with Crippen LogP contribution in [-0.2, 0) is 11.4 Å². The molecule has 3 aromatic rings. The molecule has 9 heteroatoms. The number of para-hydroxylation sites is 2. The van der Waals surface area contributed by atoms with Crippen LogP contribution >= 0.6 is 11.8 Å². The van der Waals surface area contributed by atoms with Gasteiger partial charge in [-0.1, -0.05) is 48.2 Å². The van der Waals surface area contributed by atoms with E-state index in [1.165, 1.54) is 11.8 Å². The number of rotatable bonds is 8. The van der Waals surface area contributed by atoms with Gasteiger partial charge in [-0.15, -0.1) is 10.2 Å². The normalized spacial score (nSPS) is 10.5. The molecule has 1 aromatic heterocycles. The van der Waals surface area contributed by atoms with Crippen LogP contribution in [-0.4, -0.2) is 39.0 Å². The van der Waals surface area contributed by atoms with E-state index < -0.39 is 11.9 Å². The molecule has 1 heterocycles. The van der Waals surface area contributed by atoms with Crippen LogP contribution in [0.2, 0.25) is 0 Å². The zero-order valence-corrected chi connectivity index (χ0v) is 18.5. The first-order chi connectivity index (χ1) is 15.0. The van der Waals surface area contributed by atoms with Crippen LogP contribution in [0.4, 0.5) is 4.79 Å². The fourth-order valence-corrected chi connectivity index (χ4v) is 3.76. The molecule has 31 heavy (non-hydrogen) atoms. The van der Waals surface area contributed by atoms with Crippen molar-refractivity contribution in [3.63, 3.8) is 0 Å². The first kappa shape index (κ1) is 22.4. The number of aryl methyl sites for hydroxylation is 2. The molecule has 0 fully saturated rings. The molecule has 3 rings (SSSR count). The van der Waals surface area contributed by atoms with E-state index in [-0.39, 0.29) is 12.4 Å². The maximum Gasteiger partial charge on any atom is 0.321 e. The minimum atomic E-state index is -0.514. The fraction of sp³-hybridized carbons (Fsp3) is 0.273. The standard InChI is InChI=1S/C22H25N5O3S/c1-4-23-21(29)24-19(28)14-31-22-26-25-18(27(22)17-11-6-5-7-12-17)13-30-20-15(2)9-8-10-16(20)3/h5-12H,4,13-14H2,1-3H3,(H2,23,24,28,29). The summed E-state index contributed by atoms with van der Waals surface area (Å²) in [6.45, 7) is 6.44. The largest absolute Gasteiger partial charge is 0.485 e. The SMILES string of the molecule is CCNC(=O)NC(=O)CSc1nnc(COc2c(C)cccc2C)n1-c1ccccc1. The monoisotopic (exact) mass is 439 g/mol. The van der Waals surface area contributed by atoms with Crippen molar-refractivity contribution in [1.82, 2.24) is 25.4 Å². The Hall–Kier alpha value is -3.33. The Morgan fingerprint density at radius 1 is 1.03 bits per heavy atom. The molecule has 8 nitrogen and oxygen atoms in total. The van der Waals surface area contributed by atoms with Crippen molar-refractivity contribution in [3.05, 3.63) is 65.5 Å². The summed E-state index contributed by atoms with van der Waals surface area (Å²) in [5, 5.41) is 13.9. The summed E-state index contributed by atoms with van der Waals surface area (Å²) >= 11 is 1.20. The highest BCUT2D eigenvalue weighted by atomic mass is 32.2. The number of thioether (sulfide) groups is 1. The molecular formula is C22H25N5O3S. The van der Waals surface area contributed by atoms with Crippen molar-refractivity contribution in [2.24, 2.45) is 0 Å². The van der Waals surface area contributed by atoms with Gasteiger partial charge < -0.3 is 10.1 Å². The van der Waals surface area contributed by atoms with E-state index in [1.807, 2.05) is 66.9 Å². The van der Waals surface area contributed by atoms with Gasteiger partial charge in [-0.05, 0) is 44.0 Å². The molecule has 2 aromatic carbocycles. The van der Waals surface area contributed by atoms with Gasteiger partial charge >= 0.3 is 6.03 Å². The molecule has 0 spiro atoms. The molecule has 0 saturated carbocycles. The van der Waals surface area contributed by atoms with Gasteiger partial charge in [0.1, 0.15) is 12.4 Å². The number of hydrogen-bond donors (Lipinski definition) is 2. The molecule has 0 aliphatic heterocycles. The van der Waals surface area contributed by atoms with Crippen LogP contribution in [0.1, 0.15) is 23.9 Å². The van der Waals surface area contributed by atoms with Crippen LogP contribution in [0.5, 0.6) is 5.75 Å².